The van der Waals surface area contributed by atoms with Gasteiger partial charge in [-0.2, -0.15) is 0 Å². The van der Waals surface area contributed by atoms with E-state index in [-0.39, 0.29) is 5.71 Å². The van der Waals surface area contributed by atoms with Gasteiger partial charge in [0.2, 0.25) is 0 Å². The summed E-state index contributed by atoms with van der Waals surface area (Å²) in [7, 11) is 1.22. The van der Waals surface area contributed by atoms with Gasteiger partial charge in [0.15, 0.2) is 5.71 Å². The van der Waals surface area contributed by atoms with Crippen LogP contribution < -0.4 is 4.74 Å². The molecule has 0 aliphatic rings. The molecule has 5 heteroatoms. The van der Waals surface area contributed by atoms with Crippen LogP contribution in [0.1, 0.15) is 11.1 Å². The molecule has 0 atom stereocenters. The third kappa shape index (κ3) is 3.39. The van der Waals surface area contributed by atoms with Gasteiger partial charge in [0.1, 0.15) is 11.5 Å². The van der Waals surface area contributed by atoms with Gasteiger partial charge in [-0.3, -0.25) is 0 Å². The first kappa shape index (κ1) is 14.6. The fourth-order valence-electron chi connectivity index (χ4n) is 1.79. The number of hydrogen-bond acceptors (Lipinski definition) is 5. The van der Waals surface area contributed by atoms with Crippen LogP contribution in [0.3, 0.4) is 0 Å². The molecule has 1 N–H and O–H groups in total. The Balaban J connectivity index is 2.37. The number of para-hydroxylation sites is 1. The molecule has 108 valence electrons. The first-order valence-corrected chi connectivity index (χ1v) is 6.30. The van der Waals surface area contributed by atoms with E-state index in [4.69, 9.17) is 9.94 Å². The van der Waals surface area contributed by atoms with E-state index in [2.05, 4.69) is 9.89 Å². The molecular weight excluding hydrogens is 270 g/mol. The summed E-state index contributed by atoms with van der Waals surface area (Å²) in [5, 5.41) is 12.0. The SMILES string of the molecule is COC(=O)/C(=N/O)c1ccccc1Oc1ccc(C)cc1. The van der Waals surface area contributed by atoms with Crippen molar-refractivity contribution in [1.82, 2.24) is 0 Å². The Morgan fingerprint density at radius 3 is 2.38 bits per heavy atom. The highest BCUT2D eigenvalue weighted by Gasteiger charge is 2.19. The van der Waals surface area contributed by atoms with Crippen LogP contribution in [0.5, 0.6) is 11.5 Å². The predicted octanol–water partition coefficient (Wildman–Crippen LogP) is 3.14. The lowest BCUT2D eigenvalue weighted by atomic mass is 10.1. The average molecular weight is 285 g/mol. The van der Waals surface area contributed by atoms with Crippen LogP contribution in [0, 0.1) is 6.92 Å². The van der Waals surface area contributed by atoms with Crippen molar-refractivity contribution in [2.45, 2.75) is 6.92 Å². The highest BCUT2D eigenvalue weighted by molar-refractivity contribution is 6.43. The molecule has 2 aromatic rings. The molecule has 0 fully saturated rings. The van der Waals surface area contributed by atoms with Crippen molar-refractivity contribution in [2.75, 3.05) is 7.11 Å². The fourth-order valence-corrected chi connectivity index (χ4v) is 1.79. The topological polar surface area (TPSA) is 68.1 Å². The van der Waals surface area contributed by atoms with Gasteiger partial charge in [0.25, 0.3) is 0 Å². The van der Waals surface area contributed by atoms with Gasteiger partial charge in [-0.25, -0.2) is 4.79 Å². The number of carbonyl (C=O) groups excluding carboxylic acids is 1. The number of methoxy groups -OCH3 is 1. The number of oxime groups is 1. The number of esters is 1. The van der Waals surface area contributed by atoms with Crippen LogP contribution in [0.4, 0.5) is 0 Å². The van der Waals surface area contributed by atoms with Crippen LogP contribution in [0.25, 0.3) is 0 Å². The minimum absolute atomic E-state index is 0.208. The van der Waals surface area contributed by atoms with E-state index in [1.165, 1.54) is 7.11 Å². The van der Waals surface area contributed by atoms with E-state index in [1.807, 2.05) is 31.2 Å². The summed E-state index contributed by atoms with van der Waals surface area (Å²) in [6, 6.07) is 14.3. The van der Waals surface area contributed by atoms with Crippen molar-refractivity contribution in [3.05, 3.63) is 59.7 Å². The molecule has 0 saturated carbocycles. The zero-order valence-corrected chi connectivity index (χ0v) is 11.7. The lowest BCUT2D eigenvalue weighted by Crippen LogP contribution is -2.17. The third-order valence-electron chi connectivity index (χ3n) is 2.87. The Morgan fingerprint density at radius 1 is 1.10 bits per heavy atom. The molecule has 5 nitrogen and oxygen atoms in total. The molecule has 0 amide bonds. The monoisotopic (exact) mass is 285 g/mol. The Hall–Kier alpha value is -2.82. The number of rotatable bonds is 4. The van der Waals surface area contributed by atoms with Gasteiger partial charge in [-0.1, -0.05) is 35.0 Å². The van der Waals surface area contributed by atoms with Crippen molar-refractivity contribution < 1.29 is 19.5 Å². The summed E-state index contributed by atoms with van der Waals surface area (Å²) in [6.45, 7) is 1.98. The molecular formula is C16H15NO4. The first-order valence-electron chi connectivity index (χ1n) is 6.30. The normalized spacial score (nSPS) is 11.0. The maximum atomic E-state index is 11.6. The summed E-state index contributed by atoms with van der Waals surface area (Å²) in [6.07, 6.45) is 0. The van der Waals surface area contributed by atoms with Crippen molar-refractivity contribution >= 4 is 11.7 Å². The number of hydrogen-bond donors (Lipinski definition) is 1. The van der Waals surface area contributed by atoms with Crippen molar-refractivity contribution in [1.29, 1.82) is 0 Å². The largest absolute Gasteiger partial charge is 0.464 e. The number of carbonyl (C=O) groups is 1. The van der Waals surface area contributed by atoms with Crippen LogP contribution in [0.15, 0.2) is 53.7 Å². The summed E-state index contributed by atoms with van der Waals surface area (Å²) in [5.74, 6) is 0.284. The van der Waals surface area contributed by atoms with Crippen LogP contribution in [-0.4, -0.2) is 24.0 Å². The lowest BCUT2D eigenvalue weighted by Gasteiger charge is -2.11. The number of nitrogens with zero attached hydrogens (tertiary/aromatic N) is 1. The Morgan fingerprint density at radius 2 is 1.76 bits per heavy atom. The Kier molecular flexibility index (Phi) is 4.56. The maximum Gasteiger partial charge on any atom is 0.360 e. The highest BCUT2D eigenvalue weighted by atomic mass is 16.5. The first-order chi connectivity index (χ1) is 10.2. The van der Waals surface area contributed by atoms with Gasteiger partial charge < -0.3 is 14.7 Å². The predicted molar refractivity (Wildman–Crippen MR) is 78.0 cm³/mol. The summed E-state index contributed by atoms with van der Waals surface area (Å²) in [4.78, 5) is 11.6. The lowest BCUT2D eigenvalue weighted by molar-refractivity contribution is -0.132. The smallest absolute Gasteiger partial charge is 0.360 e. The molecule has 0 aliphatic heterocycles. The molecule has 0 spiro atoms. The van der Waals surface area contributed by atoms with Crippen molar-refractivity contribution in [2.24, 2.45) is 5.16 Å². The molecule has 2 aromatic carbocycles. The molecule has 21 heavy (non-hydrogen) atoms. The standard InChI is InChI=1S/C16H15NO4/c1-11-7-9-12(10-8-11)21-14-6-4-3-5-13(14)15(17-19)16(18)20-2/h3-10,19H,1-2H3/b17-15+. The minimum atomic E-state index is -0.738. The van der Waals surface area contributed by atoms with E-state index >= 15 is 0 Å². The Bertz CT molecular complexity index is 662. The fraction of sp³-hybridized carbons (Fsp3) is 0.125. The Labute approximate surface area is 122 Å². The van der Waals surface area contributed by atoms with Crippen molar-refractivity contribution in [3.8, 4) is 11.5 Å². The number of ether oxygens (including phenoxy) is 2. The molecule has 2 rings (SSSR count). The van der Waals surface area contributed by atoms with E-state index < -0.39 is 5.97 Å². The quantitative estimate of drug-likeness (QED) is 0.405. The average Bonchev–Trinajstić information content (AvgIpc) is 2.51. The van der Waals surface area contributed by atoms with Gasteiger partial charge in [-0.05, 0) is 31.2 Å². The molecule has 0 saturated heterocycles. The zero-order chi connectivity index (χ0) is 15.2. The van der Waals surface area contributed by atoms with E-state index in [0.29, 0.717) is 17.1 Å². The van der Waals surface area contributed by atoms with Gasteiger partial charge in [0, 0.05) is 0 Å². The summed E-state index contributed by atoms with van der Waals surface area (Å²) in [5.41, 5.74) is 1.26. The third-order valence-corrected chi connectivity index (χ3v) is 2.87. The molecule has 0 aliphatic carbocycles. The van der Waals surface area contributed by atoms with Crippen LogP contribution >= 0.6 is 0 Å². The second-order valence-corrected chi connectivity index (χ2v) is 4.35. The second kappa shape index (κ2) is 6.56. The minimum Gasteiger partial charge on any atom is -0.464 e. The molecule has 0 unspecified atom stereocenters. The van der Waals surface area contributed by atoms with Gasteiger partial charge in [-0.15, -0.1) is 0 Å². The maximum absolute atomic E-state index is 11.6. The highest BCUT2D eigenvalue weighted by Crippen LogP contribution is 2.26. The summed E-state index contributed by atoms with van der Waals surface area (Å²) < 4.78 is 10.3. The van der Waals surface area contributed by atoms with Gasteiger partial charge >= 0.3 is 5.97 Å². The van der Waals surface area contributed by atoms with Crippen LogP contribution in [0.2, 0.25) is 0 Å². The van der Waals surface area contributed by atoms with E-state index in [0.717, 1.165) is 5.56 Å². The van der Waals surface area contributed by atoms with Crippen molar-refractivity contribution in [3.63, 3.8) is 0 Å². The number of aryl methyl sites for hydroxylation is 1. The summed E-state index contributed by atoms with van der Waals surface area (Å²) >= 11 is 0. The molecule has 0 heterocycles. The zero-order valence-electron chi connectivity index (χ0n) is 11.7. The molecule has 0 bridgehead atoms. The van der Waals surface area contributed by atoms with Crippen LogP contribution in [-0.2, 0) is 9.53 Å². The van der Waals surface area contributed by atoms with E-state index in [1.54, 1.807) is 24.3 Å². The molecule has 0 aromatic heterocycles. The number of benzene rings is 2. The van der Waals surface area contributed by atoms with E-state index in [9.17, 15) is 4.79 Å². The second-order valence-electron chi connectivity index (χ2n) is 4.35. The molecule has 0 radical (unpaired) electrons. The van der Waals surface area contributed by atoms with Gasteiger partial charge in [0.05, 0.1) is 12.7 Å².